The quantitative estimate of drug-likeness (QED) is 0.305. The van der Waals surface area contributed by atoms with Gasteiger partial charge in [-0.2, -0.15) is 0 Å². The molecule has 9 heteroatoms. The molecule has 0 unspecified atom stereocenters. The molecule has 1 aromatic carbocycles. The molecule has 1 aromatic rings. The second kappa shape index (κ2) is 8.08. The summed E-state index contributed by atoms with van der Waals surface area (Å²) in [5.74, 6) is -0.334. The zero-order chi connectivity index (χ0) is 17.9. The van der Waals surface area contributed by atoms with Gasteiger partial charge in [-0.3, -0.25) is 0 Å². The maximum absolute atomic E-state index is 9.96. The molecule has 6 atom stereocenters. The number of phenolic OH excluding ortho intramolecular Hbond substituents is 1. The molecule has 0 radical (unpaired) electrons. The van der Waals surface area contributed by atoms with E-state index in [0.717, 1.165) is 0 Å². The molecule has 0 spiro atoms. The maximum atomic E-state index is 9.96. The van der Waals surface area contributed by atoms with E-state index in [-0.39, 0.29) is 18.0 Å². The van der Waals surface area contributed by atoms with Crippen molar-refractivity contribution in [1.29, 1.82) is 0 Å². The van der Waals surface area contributed by atoms with Crippen LogP contribution in [0.25, 0.3) is 0 Å². The summed E-state index contributed by atoms with van der Waals surface area (Å²) >= 11 is 0. The summed E-state index contributed by atoms with van der Waals surface area (Å²) in [6.45, 7) is -0.304. The highest BCUT2D eigenvalue weighted by atomic mass is 16.7. The topological polar surface area (TPSA) is 152 Å². The molecule has 0 bridgehead atoms. The van der Waals surface area contributed by atoms with Crippen LogP contribution in [0.1, 0.15) is 11.7 Å². The number of ether oxygens (including phenoxy) is 2. The van der Waals surface area contributed by atoms with E-state index in [1.165, 1.54) is 18.2 Å². The molecule has 0 amide bonds. The predicted octanol–water partition coefficient (Wildman–Crippen LogP) is -2.18. The summed E-state index contributed by atoms with van der Waals surface area (Å²) < 4.78 is 10.6. The lowest BCUT2D eigenvalue weighted by atomic mass is 9.99. The van der Waals surface area contributed by atoms with Crippen LogP contribution >= 0.6 is 0 Å². The molecular weight excluding hydrogens is 322 g/mol. The number of rotatable bonds is 6. The van der Waals surface area contributed by atoms with Gasteiger partial charge in [-0.05, 0) is 24.7 Å². The lowest BCUT2D eigenvalue weighted by Crippen LogP contribution is -2.60. The van der Waals surface area contributed by atoms with Crippen molar-refractivity contribution in [2.45, 2.75) is 36.8 Å². The lowest BCUT2D eigenvalue weighted by molar-refractivity contribution is -0.277. The van der Waals surface area contributed by atoms with Crippen LogP contribution in [0.15, 0.2) is 18.2 Å². The van der Waals surface area contributed by atoms with Gasteiger partial charge in [0.25, 0.3) is 0 Å². The average Bonchev–Trinajstić information content (AvgIpc) is 2.57. The largest absolute Gasteiger partial charge is 0.504 e. The van der Waals surface area contributed by atoms with Crippen LogP contribution in [0.2, 0.25) is 0 Å². The van der Waals surface area contributed by atoms with Crippen LogP contribution in [-0.4, -0.2) is 81.5 Å². The number of hydrogen-bond donors (Lipinski definition) is 7. The van der Waals surface area contributed by atoms with Crippen molar-refractivity contribution in [3.8, 4) is 11.5 Å². The summed E-state index contributed by atoms with van der Waals surface area (Å²) in [6.07, 6.45) is -8.04. The molecule has 7 N–H and O–H groups in total. The van der Waals surface area contributed by atoms with Crippen molar-refractivity contribution in [2.75, 3.05) is 20.2 Å². The molecule has 1 heterocycles. The number of hydrogen-bond acceptors (Lipinski definition) is 9. The number of benzene rings is 1. The number of likely N-dealkylation sites (N-methyl/N-ethyl adjacent to an activating group) is 1. The smallest absolute Gasteiger partial charge is 0.229 e. The monoisotopic (exact) mass is 345 g/mol. The highest BCUT2D eigenvalue weighted by Gasteiger charge is 2.44. The Kier molecular flexibility index (Phi) is 6.35. The van der Waals surface area contributed by atoms with Crippen LogP contribution in [0.4, 0.5) is 0 Å². The summed E-state index contributed by atoms with van der Waals surface area (Å²) in [4.78, 5) is 0. The summed E-state index contributed by atoms with van der Waals surface area (Å²) in [6, 6.07) is 4.20. The molecule has 24 heavy (non-hydrogen) atoms. The van der Waals surface area contributed by atoms with Gasteiger partial charge >= 0.3 is 0 Å². The van der Waals surface area contributed by atoms with Crippen LogP contribution in [0, 0.1) is 0 Å². The first-order valence-corrected chi connectivity index (χ1v) is 7.51. The second-order valence-corrected chi connectivity index (χ2v) is 5.62. The Morgan fingerprint density at radius 1 is 1.21 bits per heavy atom. The Hall–Kier alpha value is -1.46. The lowest BCUT2D eigenvalue weighted by Gasteiger charge is -2.39. The highest BCUT2D eigenvalue weighted by Crippen LogP contribution is 2.32. The van der Waals surface area contributed by atoms with Gasteiger partial charge in [0.05, 0.1) is 12.7 Å². The van der Waals surface area contributed by atoms with Gasteiger partial charge in [-0.25, -0.2) is 0 Å². The Balaban J connectivity index is 2.18. The molecule has 0 aromatic heterocycles. The Morgan fingerprint density at radius 2 is 1.92 bits per heavy atom. The number of aliphatic hydroxyl groups is 5. The van der Waals surface area contributed by atoms with Crippen molar-refractivity contribution >= 4 is 0 Å². The van der Waals surface area contributed by atoms with Crippen LogP contribution in [0.5, 0.6) is 11.5 Å². The van der Waals surface area contributed by atoms with Gasteiger partial charge in [0.15, 0.2) is 11.5 Å². The van der Waals surface area contributed by atoms with Crippen molar-refractivity contribution in [1.82, 2.24) is 5.32 Å². The minimum atomic E-state index is -1.59. The third-order valence-electron chi connectivity index (χ3n) is 3.86. The molecule has 9 nitrogen and oxygen atoms in total. The van der Waals surface area contributed by atoms with E-state index < -0.39 is 43.4 Å². The first kappa shape index (κ1) is 18.9. The molecular formula is C15H23NO8. The fourth-order valence-electron chi connectivity index (χ4n) is 2.43. The second-order valence-electron chi connectivity index (χ2n) is 5.62. The fraction of sp³-hybridized carbons (Fsp3) is 0.600. The molecule has 0 aliphatic carbocycles. The highest BCUT2D eigenvalue weighted by molar-refractivity contribution is 5.42. The molecule has 136 valence electrons. The predicted molar refractivity (Wildman–Crippen MR) is 81.4 cm³/mol. The van der Waals surface area contributed by atoms with Gasteiger partial charge in [0, 0.05) is 6.54 Å². The molecule has 1 fully saturated rings. The molecule has 1 aliphatic heterocycles. The average molecular weight is 345 g/mol. The van der Waals surface area contributed by atoms with Crippen molar-refractivity contribution in [3.63, 3.8) is 0 Å². The number of nitrogens with one attached hydrogen (secondary N) is 1. The first-order valence-electron chi connectivity index (χ1n) is 7.51. The zero-order valence-corrected chi connectivity index (χ0v) is 13.1. The van der Waals surface area contributed by atoms with E-state index in [0.29, 0.717) is 5.56 Å². The first-order chi connectivity index (χ1) is 11.4. The minimum absolute atomic E-state index is 0.0769. The SMILES string of the molecule is CNC[C@H](O)c1ccc(O)c(O[C@H]2O[C@H](CO)[C@@H](O)[C@H](O)[C@H]2O)c1. The third kappa shape index (κ3) is 3.95. The van der Waals surface area contributed by atoms with Gasteiger partial charge in [-0.1, -0.05) is 6.07 Å². The normalized spacial score (nSPS) is 31.7. The summed E-state index contributed by atoms with van der Waals surface area (Å²) in [5.41, 5.74) is 0.460. The van der Waals surface area contributed by atoms with E-state index in [1.807, 2.05) is 0 Å². The molecule has 1 aliphatic rings. The number of aromatic hydroxyl groups is 1. The standard InChI is InChI=1S/C15H23NO8/c1-16-5-9(19)7-2-3-8(18)10(4-7)23-15-14(22)13(21)12(20)11(6-17)24-15/h2-4,9,11-22H,5-6H2,1H3/t9-,11+,12+,13-,14+,15-/m0/s1. The number of phenols is 1. The fourth-order valence-corrected chi connectivity index (χ4v) is 2.43. The summed E-state index contributed by atoms with van der Waals surface area (Å²) in [5, 5.41) is 61.2. The van der Waals surface area contributed by atoms with Crippen molar-refractivity contribution in [3.05, 3.63) is 23.8 Å². The van der Waals surface area contributed by atoms with Gasteiger partial charge < -0.3 is 45.4 Å². The zero-order valence-electron chi connectivity index (χ0n) is 13.1. The Morgan fingerprint density at radius 3 is 2.54 bits per heavy atom. The van der Waals surface area contributed by atoms with E-state index >= 15 is 0 Å². The van der Waals surface area contributed by atoms with Gasteiger partial charge in [0.1, 0.15) is 24.4 Å². The number of aliphatic hydroxyl groups excluding tert-OH is 5. The minimum Gasteiger partial charge on any atom is -0.504 e. The van der Waals surface area contributed by atoms with E-state index in [2.05, 4.69) is 5.32 Å². The van der Waals surface area contributed by atoms with Crippen molar-refractivity contribution < 1.29 is 40.1 Å². The van der Waals surface area contributed by atoms with E-state index in [4.69, 9.17) is 14.6 Å². The Bertz CT molecular complexity index is 540. The molecule has 2 rings (SSSR count). The van der Waals surface area contributed by atoms with Gasteiger partial charge in [0.2, 0.25) is 6.29 Å². The maximum Gasteiger partial charge on any atom is 0.229 e. The third-order valence-corrected chi connectivity index (χ3v) is 3.86. The van der Waals surface area contributed by atoms with Crippen LogP contribution in [0.3, 0.4) is 0 Å². The van der Waals surface area contributed by atoms with Crippen LogP contribution < -0.4 is 10.1 Å². The van der Waals surface area contributed by atoms with Crippen LogP contribution in [-0.2, 0) is 4.74 Å². The van der Waals surface area contributed by atoms with Crippen molar-refractivity contribution in [2.24, 2.45) is 0 Å². The summed E-state index contributed by atoms with van der Waals surface area (Å²) in [7, 11) is 1.68. The van der Waals surface area contributed by atoms with E-state index in [1.54, 1.807) is 7.05 Å². The van der Waals surface area contributed by atoms with Gasteiger partial charge in [-0.15, -0.1) is 0 Å². The van der Waals surface area contributed by atoms with E-state index in [9.17, 15) is 25.5 Å². The Labute approximate surface area is 138 Å². The molecule has 0 saturated carbocycles. The molecule has 1 saturated heterocycles.